The summed E-state index contributed by atoms with van der Waals surface area (Å²) in [6, 6.07) is 6.25. The van der Waals surface area contributed by atoms with Gasteiger partial charge in [-0.2, -0.15) is 0 Å². The Morgan fingerprint density at radius 1 is 1.17 bits per heavy atom. The number of likely N-dealkylation sites (tertiary alicyclic amines) is 1. The van der Waals surface area contributed by atoms with E-state index in [2.05, 4.69) is 41.2 Å². The Bertz CT molecular complexity index is 578. The molecule has 0 unspecified atom stereocenters. The van der Waals surface area contributed by atoms with Crippen LogP contribution in [0.15, 0.2) is 23.2 Å². The molecular weight excluding hydrogens is 290 g/mol. The van der Waals surface area contributed by atoms with Gasteiger partial charge in [0.05, 0.1) is 0 Å². The van der Waals surface area contributed by atoms with E-state index in [1.165, 1.54) is 18.4 Å². The molecule has 0 saturated carbocycles. The third-order valence-corrected chi connectivity index (χ3v) is 4.63. The number of guanidine groups is 1. The fourth-order valence-electron chi connectivity index (χ4n) is 3.13. The number of fused-ring (bicyclic) bond motifs is 1. The van der Waals surface area contributed by atoms with Crippen molar-refractivity contribution in [2.75, 3.05) is 39.9 Å². The summed E-state index contributed by atoms with van der Waals surface area (Å²) >= 11 is 0. The summed E-state index contributed by atoms with van der Waals surface area (Å²) in [5.41, 5.74) is 1.22. The van der Waals surface area contributed by atoms with Crippen molar-refractivity contribution in [2.24, 2.45) is 4.99 Å². The van der Waals surface area contributed by atoms with Gasteiger partial charge in [-0.25, -0.2) is 0 Å². The largest absolute Gasteiger partial charge is 0.486 e. The van der Waals surface area contributed by atoms with Gasteiger partial charge in [0.25, 0.3) is 0 Å². The summed E-state index contributed by atoms with van der Waals surface area (Å²) in [5, 5.41) is 3.53. The van der Waals surface area contributed by atoms with Crippen LogP contribution in [-0.4, -0.2) is 50.8 Å². The second kappa shape index (κ2) is 6.69. The van der Waals surface area contributed by atoms with Crippen LogP contribution >= 0.6 is 0 Å². The lowest BCUT2D eigenvalue weighted by Gasteiger charge is -2.30. The first-order valence-corrected chi connectivity index (χ1v) is 8.46. The topological polar surface area (TPSA) is 46.1 Å². The molecule has 1 aromatic rings. The molecule has 5 heteroatoms. The van der Waals surface area contributed by atoms with E-state index in [0.29, 0.717) is 13.2 Å². The van der Waals surface area contributed by atoms with E-state index in [1.54, 1.807) is 0 Å². The van der Waals surface area contributed by atoms with Crippen molar-refractivity contribution in [1.29, 1.82) is 0 Å². The zero-order valence-corrected chi connectivity index (χ0v) is 14.4. The molecule has 0 amide bonds. The van der Waals surface area contributed by atoms with Crippen molar-refractivity contribution < 1.29 is 9.47 Å². The average Bonchev–Trinajstić information content (AvgIpc) is 3.09. The first kappa shape index (κ1) is 16.0. The standard InChI is InChI=1S/C18H27N3O2/c1-18(2,13-20-17(19-3)21-8-4-5-9-21)14-6-7-15-16(12-14)23-11-10-22-15/h6-7,12H,4-5,8-11,13H2,1-3H3,(H,19,20). The number of nitrogens with one attached hydrogen (secondary N) is 1. The normalized spacial score (nSPS) is 18.2. The van der Waals surface area contributed by atoms with Gasteiger partial charge in [-0.15, -0.1) is 0 Å². The van der Waals surface area contributed by atoms with Crippen molar-refractivity contribution >= 4 is 5.96 Å². The van der Waals surface area contributed by atoms with Gasteiger partial charge in [0.1, 0.15) is 13.2 Å². The van der Waals surface area contributed by atoms with E-state index in [0.717, 1.165) is 37.1 Å². The van der Waals surface area contributed by atoms with Crippen LogP contribution in [0.2, 0.25) is 0 Å². The molecule has 0 bridgehead atoms. The number of rotatable bonds is 3. The minimum absolute atomic E-state index is 0.0223. The van der Waals surface area contributed by atoms with Gasteiger partial charge in [-0.3, -0.25) is 4.99 Å². The molecule has 126 valence electrons. The summed E-state index contributed by atoms with van der Waals surface area (Å²) < 4.78 is 11.3. The molecule has 1 saturated heterocycles. The maximum atomic E-state index is 5.71. The fraction of sp³-hybridized carbons (Fsp3) is 0.611. The monoisotopic (exact) mass is 317 g/mol. The van der Waals surface area contributed by atoms with Gasteiger partial charge >= 0.3 is 0 Å². The Kier molecular flexibility index (Phi) is 4.64. The van der Waals surface area contributed by atoms with Gasteiger partial charge < -0.3 is 19.7 Å². The fourth-order valence-corrected chi connectivity index (χ4v) is 3.13. The summed E-state index contributed by atoms with van der Waals surface area (Å²) in [4.78, 5) is 6.76. The van der Waals surface area contributed by atoms with Crippen molar-refractivity contribution in [3.63, 3.8) is 0 Å². The van der Waals surface area contributed by atoms with Crippen molar-refractivity contribution in [3.8, 4) is 11.5 Å². The third-order valence-electron chi connectivity index (χ3n) is 4.63. The average molecular weight is 317 g/mol. The molecule has 0 spiro atoms. The third kappa shape index (κ3) is 3.54. The first-order valence-electron chi connectivity index (χ1n) is 8.46. The van der Waals surface area contributed by atoms with Crippen LogP contribution in [0.25, 0.3) is 0 Å². The Morgan fingerprint density at radius 2 is 1.87 bits per heavy atom. The zero-order chi connectivity index (χ0) is 16.3. The van der Waals surface area contributed by atoms with Gasteiger partial charge in [-0.1, -0.05) is 19.9 Å². The highest BCUT2D eigenvalue weighted by Crippen LogP contribution is 2.34. The van der Waals surface area contributed by atoms with E-state index in [-0.39, 0.29) is 5.41 Å². The first-order chi connectivity index (χ1) is 11.1. The van der Waals surface area contributed by atoms with Crippen LogP contribution in [0.5, 0.6) is 11.5 Å². The number of hydrogen-bond acceptors (Lipinski definition) is 3. The lowest BCUT2D eigenvalue weighted by atomic mass is 9.84. The quantitative estimate of drug-likeness (QED) is 0.687. The van der Waals surface area contributed by atoms with E-state index < -0.39 is 0 Å². The van der Waals surface area contributed by atoms with Crippen LogP contribution in [0, 0.1) is 0 Å². The molecule has 0 atom stereocenters. The zero-order valence-electron chi connectivity index (χ0n) is 14.4. The Hall–Kier alpha value is -1.91. The summed E-state index contributed by atoms with van der Waals surface area (Å²) in [6.45, 7) is 8.76. The SMILES string of the molecule is CN=C(NCC(C)(C)c1ccc2c(c1)OCCO2)N1CCCC1. The molecule has 0 aliphatic carbocycles. The highest BCUT2D eigenvalue weighted by atomic mass is 16.6. The summed E-state index contributed by atoms with van der Waals surface area (Å²) in [5.74, 6) is 2.70. The Labute approximate surface area is 138 Å². The van der Waals surface area contributed by atoms with Crippen LogP contribution in [0.4, 0.5) is 0 Å². The van der Waals surface area contributed by atoms with Gasteiger partial charge in [0.15, 0.2) is 17.5 Å². The molecule has 0 aromatic heterocycles. The lowest BCUT2D eigenvalue weighted by molar-refractivity contribution is 0.171. The van der Waals surface area contributed by atoms with Gasteiger partial charge in [0, 0.05) is 32.1 Å². The molecule has 1 N–H and O–H groups in total. The molecular formula is C18H27N3O2. The Balaban J connectivity index is 1.68. The molecule has 2 aliphatic heterocycles. The highest BCUT2D eigenvalue weighted by molar-refractivity contribution is 5.80. The van der Waals surface area contributed by atoms with E-state index >= 15 is 0 Å². The second-order valence-corrected chi connectivity index (χ2v) is 6.84. The Morgan fingerprint density at radius 3 is 2.57 bits per heavy atom. The smallest absolute Gasteiger partial charge is 0.193 e. The van der Waals surface area contributed by atoms with Gasteiger partial charge in [-0.05, 0) is 30.5 Å². The van der Waals surface area contributed by atoms with Crippen molar-refractivity contribution in [1.82, 2.24) is 10.2 Å². The molecule has 2 heterocycles. The van der Waals surface area contributed by atoms with Crippen LogP contribution in [-0.2, 0) is 5.41 Å². The van der Waals surface area contributed by atoms with Crippen LogP contribution < -0.4 is 14.8 Å². The van der Waals surface area contributed by atoms with Gasteiger partial charge in [0.2, 0.25) is 0 Å². The molecule has 1 aromatic carbocycles. The van der Waals surface area contributed by atoms with Crippen molar-refractivity contribution in [3.05, 3.63) is 23.8 Å². The molecule has 1 fully saturated rings. The molecule has 3 rings (SSSR count). The molecule has 23 heavy (non-hydrogen) atoms. The molecule has 0 radical (unpaired) electrons. The predicted molar refractivity (Wildman–Crippen MR) is 92.6 cm³/mol. The maximum absolute atomic E-state index is 5.71. The van der Waals surface area contributed by atoms with E-state index in [4.69, 9.17) is 9.47 Å². The van der Waals surface area contributed by atoms with Crippen LogP contribution in [0.3, 0.4) is 0 Å². The van der Waals surface area contributed by atoms with E-state index in [9.17, 15) is 0 Å². The number of nitrogens with zero attached hydrogens (tertiary/aromatic N) is 2. The number of aliphatic imine (C=N–C) groups is 1. The highest BCUT2D eigenvalue weighted by Gasteiger charge is 2.25. The minimum Gasteiger partial charge on any atom is -0.486 e. The number of benzene rings is 1. The van der Waals surface area contributed by atoms with Crippen molar-refractivity contribution in [2.45, 2.75) is 32.1 Å². The van der Waals surface area contributed by atoms with E-state index in [1.807, 2.05) is 13.1 Å². The summed E-state index contributed by atoms with van der Waals surface area (Å²) in [6.07, 6.45) is 2.51. The minimum atomic E-state index is -0.0223. The summed E-state index contributed by atoms with van der Waals surface area (Å²) in [7, 11) is 1.86. The number of ether oxygens (including phenoxy) is 2. The second-order valence-electron chi connectivity index (χ2n) is 6.84. The molecule has 5 nitrogen and oxygen atoms in total. The maximum Gasteiger partial charge on any atom is 0.193 e. The molecule has 2 aliphatic rings. The lowest BCUT2D eigenvalue weighted by Crippen LogP contribution is -2.44. The number of hydrogen-bond donors (Lipinski definition) is 1. The van der Waals surface area contributed by atoms with Crippen LogP contribution in [0.1, 0.15) is 32.3 Å². The predicted octanol–water partition coefficient (Wildman–Crippen LogP) is 2.41.